The number of anilines is 1. The van der Waals surface area contributed by atoms with Gasteiger partial charge in [-0.05, 0) is 31.6 Å². The van der Waals surface area contributed by atoms with Crippen molar-refractivity contribution in [3.63, 3.8) is 0 Å². The van der Waals surface area contributed by atoms with E-state index in [9.17, 15) is 4.79 Å². The Bertz CT molecular complexity index is 485. The maximum absolute atomic E-state index is 12.0. The Labute approximate surface area is 123 Å². The number of aryl methyl sites for hydroxylation is 1. The summed E-state index contributed by atoms with van der Waals surface area (Å²) < 4.78 is 4.94. The number of ether oxygens (including phenoxy) is 1. The second-order valence-corrected chi connectivity index (χ2v) is 6.59. The molecule has 0 bridgehead atoms. The van der Waals surface area contributed by atoms with Crippen molar-refractivity contribution in [1.29, 1.82) is 0 Å². The Kier molecular flexibility index (Phi) is 4.21. The van der Waals surface area contributed by atoms with Gasteiger partial charge in [0.1, 0.15) is 5.82 Å². The predicted molar refractivity (Wildman–Crippen MR) is 79.6 cm³/mol. The third kappa shape index (κ3) is 3.12. The zero-order chi connectivity index (χ0) is 13.9. The highest BCUT2D eigenvalue weighted by Crippen LogP contribution is 2.36. The van der Waals surface area contributed by atoms with Crippen molar-refractivity contribution in [3.05, 3.63) is 9.88 Å². The van der Waals surface area contributed by atoms with E-state index in [0.29, 0.717) is 18.2 Å². The van der Waals surface area contributed by atoms with Crippen LogP contribution in [-0.4, -0.2) is 44.2 Å². The van der Waals surface area contributed by atoms with Crippen molar-refractivity contribution in [2.75, 3.05) is 38.3 Å². The van der Waals surface area contributed by atoms with Crippen LogP contribution in [0.4, 0.5) is 5.82 Å². The van der Waals surface area contributed by atoms with Crippen molar-refractivity contribution in [2.45, 2.75) is 25.7 Å². The zero-order valence-corrected chi connectivity index (χ0v) is 12.7. The number of carbonyl (C=O) groups excluding carboxylic acids is 1. The van der Waals surface area contributed by atoms with E-state index in [1.807, 2.05) is 0 Å². The van der Waals surface area contributed by atoms with Crippen LogP contribution in [0, 0.1) is 5.92 Å². The molecule has 0 saturated heterocycles. The molecule has 20 heavy (non-hydrogen) atoms. The van der Waals surface area contributed by atoms with Crippen molar-refractivity contribution >= 4 is 23.1 Å². The largest absolute Gasteiger partial charge is 0.383 e. The molecule has 1 aromatic heterocycles. The van der Waals surface area contributed by atoms with Gasteiger partial charge in [-0.3, -0.25) is 4.79 Å². The Morgan fingerprint density at radius 3 is 3.15 bits per heavy atom. The summed E-state index contributed by atoms with van der Waals surface area (Å²) in [5.74, 6) is 1.83. The molecular weight excluding hydrogens is 274 g/mol. The number of hydrogen-bond acceptors (Lipinski definition) is 5. The number of rotatable bonds is 6. The third-order valence-electron chi connectivity index (χ3n) is 3.77. The fourth-order valence-electron chi connectivity index (χ4n) is 2.52. The molecule has 5 nitrogen and oxygen atoms in total. The molecule has 1 fully saturated rings. The van der Waals surface area contributed by atoms with Gasteiger partial charge in [-0.25, -0.2) is 4.98 Å². The number of fused-ring (bicyclic) bond motifs is 1. The van der Waals surface area contributed by atoms with Gasteiger partial charge in [0, 0.05) is 31.6 Å². The Balaban J connectivity index is 1.68. The van der Waals surface area contributed by atoms with Gasteiger partial charge < -0.3 is 15.0 Å². The zero-order valence-electron chi connectivity index (χ0n) is 11.9. The molecule has 6 heteroatoms. The van der Waals surface area contributed by atoms with Crippen molar-refractivity contribution in [3.8, 4) is 0 Å². The van der Waals surface area contributed by atoms with Crippen LogP contribution in [0.25, 0.3) is 0 Å². The van der Waals surface area contributed by atoms with Gasteiger partial charge in [-0.15, -0.1) is 11.3 Å². The second-order valence-electron chi connectivity index (χ2n) is 5.51. The van der Waals surface area contributed by atoms with Crippen LogP contribution in [0.3, 0.4) is 0 Å². The number of carbonyl (C=O) groups is 1. The van der Waals surface area contributed by atoms with Gasteiger partial charge in [0.25, 0.3) is 5.91 Å². The molecule has 1 N–H and O–H groups in total. The molecule has 0 spiro atoms. The van der Waals surface area contributed by atoms with E-state index in [2.05, 4.69) is 15.2 Å². The van der Waals surface area contributed by atoms with E-state index < -0.39 is 0 Å². The average molecular weight is 295 g/mol. The SMILES string of the molecule is COCCNC(=O)c1nc2c(s1)CCCN2CC1CC1. The van der Waals surface area contributed by atoms with Crippen LogP contribution in [0.5, 0.6) is 0 Å². The lowest BCUT2D eigenvalue weighted by molar-refractivity contribution is 0.0937. The molecule has 3 rings (SSSR count). The average Bonchev–Trinajstić information content (AvgIpc) is 3.15. The van der Waals surface area contributed by atoms with Crippen molar-refractivity contribution in [1.82, 2.24) is 10.3 Å². The molecule has 1 aliphatic carbocycles. The molecule has 1 aliphatic heterocycles. The molecule has 2 heterocycles. The fraction of sp³-hybridized carbons (Fsp3) is 0.714. The summed E-state index contributed by atoms with van der Waals surface area (Å²) >= 11 is 1.55. The maximum atomic E-state index is 12.0. The highest BCUT2D eigenvalue weighted by molar-refractivity contribution is 7.14. The van der Waals surface area contributed by atoms with E-state index >= 15 is 0 Å². The smallest absolute Gasteiger partial charge is 0.280 e. The molecule has 0 radical (unpaired) electrons. The lowest BCUT2D eigenvalue weighted by atomic mass is 10.1. The van der Waals surface area contributed by atoms with Crippen molar-refractivity contribution in [2.24, 2.45) is 5.92 Å². The van der Waals surface area contributed by atoms with Crippen LogP contribution in [0.2, 0.25) is 0 Å². The first-order valence-corrected chi connectivity index (χ1v) is 8.11. The Morgan fingerprint density at radius 2 is 2.40 bits per heavy atom. The summed E-state index contributed by atoms with van der Waals surface area (Å²) in [6.45, 7) is 3.26. The molecule has 0 atom stereocenters. The van der Waals surface area contributed by atoms with E-state index in [1.54, 1.807) is 18.4 Å². The monoisotopic (exact) mass is 295 g/mol. The Hall–Kier alpha value is -1.14. The Morgan fingerprint density at radius 1 is 1.55 bits per heavy atom. The van der Waals surface area contributed by atoms with Gasteiger partial charge in [-0.2, -0.15) is 0 Å². The summed E-state index contributed by atoms with van der Waals surface area (Å²) in [5.41, 5.74) is 0. The first-order valence-electron chi connectivity index (χ1n) is 7.29. The molecular formula is C14H21N3O2S. The highest BCUT2D eigenvalue weighted by atomic mass is 32.1. The predicted octanol–water partition coefficient (Wildman–Crippen LogP) is 1.68. The number of amides is 1. The molecule has 0 aromatic carbocycles. The number of nitrogens with zero attached hydrogens (tertiary/aromatic N) is 2. The summed E-state index contributed by atoms with van der Waals surface area (Å²) in [5, 5.41) is 3.43. The second kappa shape index (κ2) is 6.10. The number of hydrogen-bond donors (Lipinski definition) is 1. The molecule has 2 aliphatic rings. The van der Waals surface area contributed by atoms with Gasteiger partial charge >= 0.3 is 0 Å². The number of aromatic nitrogens is 1. The summed E-state index contributed by atoms with van der Waals surface area (Å²) in [4.78, 5) is 20.3. The topological polar surface area (TPSA) is 54.5 Å². The maximum Gasteiger partial charge on any atom is 0.280 e. The lowest BCUT2D eigenvalue weighted by Gasteiger charge is -2.27. The van der Waals surface area contributed by atoms with Gasteiger partial charge in [-0.1, -0.05) is 0 Å². The first kappa shape index (κ1) is 13.8. The third-order valence-corrected chi connectivity index (χ3v) is 4.87. The normalized spacial score (nSPS) is 17.9. The quantitative estimate of drug-likeness (QED) is 0.811. The molecule has 1 saturated carbocycles. The van der Waals surface area contributed by atoms with Crippen LogP contribution >= 0.6 is 11.3 Å². The van der Waals surface area contributed by atoms with Gasteiger partial charge in [0.15, 0.2) is 5.01 Å². The van der Waals surface area contributed by atoms with E-state index in [1.165, 1.54) is 24.1 Å². The molecule has 0 unspecified atom stereocenters. The molecule has 1 aromatic rings. The summed E-state index contributed by atoms with van der Waals surface area (Å²) in [7, 11) is 1.63. The minimum absolute atomic E-state index is 0.0761. The van der Waals surface area contributed by atoms with Crippen LogP contribution in [0.1, 0.15) is 33.9 Å². The van der Waals surface area contributed by atoms with E-state index in [0.717, 1.165) is 31.2 Å². The molecule has 110 valence electrons. The fourth-order valence-corrected chi connectivity index (χ4v) is 3.56. The lowest BCUT2D eigenvalue weighted by Crippen LogP contribution is -2.31. The number of thiazole rings is 1. The number of nitrogens with one attached hydrogen (secondary N) is 1. The molecule has 1 amide bonds. The minimum atomic E-state index is -0.0761. The van der Waals surface area contributed by atoms with Crippen LogP contribution < -0.4 is 10.2 Å². The van der Waals surface area contributed by atoms with Crippen LogP contribution in [-0.2, 0) is 11.2 Å². The summed E-state index contributed by atoms with van der Waals surface area (Å²) in [6, 6.07) is 0. The van der Waals surface area contributed by atoms with Crippen LogP contribution in [0.15, 0.2) is 0 Å². The summed E-state index contributed by atoms with van der Waals surface area (Å²) in [6.07, 6.45) is 4.92. The standard InChI is InChI=1S/C14H21N3O2S/c1-19-8-6-15-13(18)14-16-12-11(20-14)3-2-7-17(12)9-10-4-5-10/h10H,2-9H2,1H3,(H,15,18). The minimum Gasteiger partial charge on any atom is -0.383 e. The van der Waals surface area contributed by atoms with E-state index in [4.69, 9.17) is 4.74 Å². The van der Waals surface area contributed by atoms with Crippen molar-refractivity contribution < 1.29 is 9.53 Å². The van der Waals surface area contributed by atoms with Gasteiger partial charge in [0.05, 0.1) is 6.61 Å². The first-order chi connectivity index (χ1) is 9.78. The highest BCUT2D eigenvalue weighted by Gasteiger charge is 2.29. The number of methoxy groups -OCH3 is 1. The van der Waals surface area contributed by atoms with Gasteiger partial charge in [0.2, 0.25) is 0 Å². The van der Waals surface area contributed by atoms with E-state index in [-0.39, 0.29) is 5.91 Å².